The van der Waals surface area contributed by atoms with Crippen LogP contribution in [0.4, 0.5) is 0 Å². The summed E-state index contributed by atoms with van der Waals surface area (Å²) >= 11 is 0. The number of H-pyrrole nitrogens is 2. The number of hydrogen-bond acceptors (Lipinski definition) is 3. The molecule has 4 aromatic rings. The van der Waals surface area contributed by atoms with Crippen molar-refractivity contribution in [1.82, 2.24) is 20.1 Å². The first-order valence-corrected chi connectivity index (χ1v) is 8.94. The Morgan fingerprint density at radius 3 is 2.65 bits per heavy atom. The number of aromatic nitrogens is 3. The average Bonchev–Trinajstić information content (AvgIpc) is 3.28. The van der Waals surface area contributed by atoms with E-state index in [-0.39, 0.29) is 0 Å². The van der Waals surface area contributed by atoms with Gasteiger partial charge in [0.25, 0.3) is 0 Å². The number of hydrogen-bond donors (Lipinski definition) is 2. The summed E-state index contributed by atoms with van der Waals surface area (Å²) in [5, 5.41) is 18.7. The molecule has 0 aliphatic rings. The van der Waals surface area contributed by atoms with Gasteiger partial charge < -0.3 is 4.98 Å². The molecule has 0 aliphatic carbocycles. The number of nitrogens with one attached hydrogen (secondary N) is 2. The molecule has 0 aliphatic heterocycles. The van der Waals surface area contributed by atoms with Crippen molar-refractivity contribution in [2.24, 2.45) is 0 Å². The van der Waals surface area contributed by atoms with E-state index in [9.17, 15) is 0 Å². The summed E-state index contributed by atoms with van der Waals surface area (Å²) in [5.74, 6) is 0. The van der Waals surface area contributed by atoms with Gasteiger partial charge in [0.2, 0.25) is 0 Å². The molecule has 2 N–H and O–H groups in total. The first-order chi connectivity index (χ1) is 12.7. The van der Waals surface area contributed by atoms with Gasteiger partial charge in [-0.2, -0.15) is 10.4 Å². The largest absolute Gasteiger partial charge is 0.353 e. The molecule has 130 valence electrons. The van der Waals surface area contributed by atoms with Crippen molar-refractivity contribution < 1.29 is 0 Å². The molecule has 26 heavy (non-hydrogen) atoms. The highest BCUT2D eigenvalue weighted by molar-refractivity contribution is 5.96. The van der Waals surface area contributed by atoms with E-state index < -0.39 is 0 Å². The number of aromatic amines is 2. The van der Waals surface area contributed by atoms with E-state index in [1.54, 1.807) is 0 Å². The van der Waals surface area contributed by atoms with E-state index in [0.717, 1.165) is 47.4 Å². The number of fused-ring (bicyclic) bond motifs is 2. The summed E-state index contributed by atoms with van der Waals surface area (Å²) in [6.07, 6.45) is 0. The Bertz CT molecular complexity index is 1110. The average molecular weight is 343 g/mol. The third-order valence-electron chi connectivity index (χ3n) is 4.93. The van der Waals surface area contributed by atoms with Crippen LogP contribution in [-0.2, 0) is 6.54 Å². The Kier molecular flexibility index (Phi) is 4.19. The minimum Gasteiger partial charge on any atom is -0.353 e. The third-order valence-corrected chi connectivity index (χ3v) is 4.93. The van der Waals surface area contributed by atoms with Crippen molar-refractivity contribution in [1.29, 1.82) is 5.26 Å². The Balaban J connectivity index is 1.73. The van der Waals surface area contributed by atoms with Crippen LogP contribution in [0.2, 0.25) is 0 Å². The SMILES string of the molecule is CCN(CC)Cc1ccc2[nH]c(-c3n[nH]c4cc(C#N)ccc34)cc2c1. The molecule has 0 fully saturated rings. The van der Waals surface area contributed by atoms with Gasteiger partial charge in [-0.3, -0.25) is 10.00 Å². The molecule has 2 heterocycles. The van der Waals surface area contributed by atoms with Crippen molar-refractivity contribution in [3.05, 3.63) is 53.6 Å². The van der Waals surface area contributed by atoms with Crippen molar-refractivity contribution in [2.75, 3.05) is 13.1 Å². The standard InChI is InChI=1S/C21H21N5/c1-3-26(4-2)13-15-6-8-18-16(9-15)11-20(23-18)21-17-7-5-14(12-22)10-19(17)24-25-21/h5-11,23H,3-4,13H2,1-2H3,(H,24,25). The lowest BCUT2D eigenvalue weighted by atomic mass is 10.1. The topological polar surface area (TPSA) is 71.5 Å². The number of nitrogens with zero attached hydrogens (tertiary/aromatic N) is 3. The summed E-state index contributed by atoms with van der Waals surface area (Å²) in [5.41, 5.74) is 5.79. The molecule has 5 heteroatoms. The highest BCUT2D eigenvalue weighted by Gasteiger charge is 2.12. The fraction of sp³-hybridized carbons (Fsp3) is 0.238. The second-order valence-corrected chi connectivity index (χ2v) is 6.51. The van der Waals surface area contributed by atoms with E-state index in [2.05, 4.69) is 64.3 Å². The van der Waals surface area contributed by atoms with E-state index in [0.29, 0.717) is 5.56 Å². The van der Waals surface area contributed by atoms with Crippen molar-refractivity contribution >= 4 is 21.8 Å². The number of rotatable bonds is 5. The highest BCUT2D eigenvalue weighted by atomic mass is 15.1. The lowest BCUT2D eigenvalue weighted by Gasteiger charge is -2.17. The van der Waals surface area contributed by atoms with Gasteiger partial charge >= 0.3 is 0 Å². The minimum absolute atomic E-state index is 0.630. The first-order valence-electron chi connectivity index (χ1n) is 8.94. The fourth-order valence-corrected chi connectivity index (χ4v) is 3.41. The Morgan fingerprint density at radius 1 is 1.04 bits per heavy atom. The molecular formula is C21H21N5. The zero-order chi connectivity index (χ0) is 18.1. The van der Waals surface area contributed by atoms with Crippen molar-refractivity contribution in [2.45, 2.75) is 20.4 Å². The van der Waals surface area contributed by atoms with Crippen LogP contribution in [0.1, 0.15) is 25.0 Å². The van der Waals surface area contributed by atoms with E-state index in [1.165, 1.54) is 10.9 Å². The highest BCUT2D eigenvalue weighted by Crippen LogP contribution is 2.29. The molecule has 0 spiro atoms. The maximum atomic E-state index is 9.05. The normalized spacial score (nSPS) is 11.5. The van der Waals surface area contributed by atoms with E-state index >= 15 is 0 Å². The lowest BCUT2D eigenvalue weighted by molar-refractivity contribution is 0.296. The summed E-state index contributed by atoms with van der Waals surface area (Å²) in [7, 11) is 0. The van der Waals surface area contributed by atoms with E-state index in [4.69, 9.17) is 5.26 Å². The number of benzene rings is 2. The van der Waals surface area contributed by atoms with Crippen LogP contribution in [0, 0.1) is 11.3 Å². The molecule has 0 bridgehead atoms. The molecule has 2 aromatic carbocycles. The maximum absolute atomic E-state index is 9.05. The van der Waals surface area contributed by atoms with Crippen LogP contribution in [0.25, 0.3) is 33.2 Å². The van der Waals surface area contributed by atoms with Crippen LogP contribution >= 0.6 is 0 Å². The van der Waals surface area contributed by atoms with Gasteiger partial charge in [-0.25, -0.2) is 0 Å². The zero-order valence-corrected chi connectivity index (χ0v) is 15.0. The van der Waals surface area contributed by atoms with Gasteiger partial charge in [0.05, 0.1) is 22.8 Å². The van der Waals surface area contributed by atoms with Gasteiger partial charge in [-0.05, 0) is 55.1 Å². The molecule has 0 atom stereocenters. The molecule has 0 radical (unpaired) electrons. The van der Waals surface area contributed by atoms with Crippen molar-refractivity contribution in [3.63, 3.8) is 0 Å². The quantitative estimate of drug-likeness (QED) is 0.563. The predicted molar refractivity (Wildman–Crippen MR) is 105 cm³/mol. The van der Waals surface area contributed by atoms with Crippen LogP contribution in [-0.4, -0.2) is 33.2 Å². The minimum atomic E-state index is 0.630. The van der Waals surface area contributed by atoms with Crippen LogP contribution in [0.15, 0.2) is 42.5 Å². The van der Waals surface area contributed by atoms with Gasteiger partial charge in [-0.1, -0.05) is 19.9 Å². The number of nitriles is 1. The fourth-order valence-electron chi connectivity index (χ4n) is 3.41. The Hall–Kier alpha value is -3.10. The monoisotopic (exact) mass is 343 g/mol. The van der Waals surface area contributed by atoms with Gasteiger partial charge in [-0.15, -0.1) is 0 Å². The van der Waals surface area contributed by atoms with Gasteiger partial charge in [0.1, 0.15) is 5.69 Å². The molecule has 0 amide bonds. The molecule has 4 rings (SSSR count). The molecule has 0 saturated heterocycles. The predicted octanol–water partition coefficient (Wildman–Crippen LogP) is 4.42. The lowest BCUT2D eigenvalue weighted by Crippen LogP contribution is -2.21. The summed E-state index contributed by atoms with van der Waals surface area (Å²) < 4.78 is 0. The molecule has 5 nitrogen and oxygen atoms in total. The zero-order valence-electron chi connectivity index (χ0n) is 15.0. The molecular weight excluding hydrogens is 322 g/mol. The van der Waals surface area contributed by atoms with Gasteiger partial charge in [0, 0.05) is 22.8 Å². The van der Waals surface area contributed by atoms with Gasteiger partial charge in [0.15, 0.2) is 0 Å². The van der Waals surface area contributed by atoms with Crippen molar-refractivity contribution in [3.8, 4) is 17.5 Å². The maximum Gasteiger partial charge on any atom is 0.116 e. The molecule has 0 unspecified atom stereocenters. The summed E-state index contributed by atoms with van der Waals surface area (Å²) in [6.45, 7) is 7.45. The van der Waals surface area contributed by atoms with Crippen LogP contribution < -0.4 is 0 Å². The Labute approximate surface area is 152 Å². The van der Waals surface area contributed by atoms with Crippen LogP contribution in [0.5, 0.6) is 0 Å². The second-order valence-electron chi connectivity index (χ2n) is 6.51. The summed E-state index contributed by atoms with van der Waals surface area (Å²) in [6, 6.07) is 16.5. The smallest absolute Gasteiger partial charge is 0.116 e. The second kappa shape index (κ2) is 6.66. The molecule has 0 saturated carbocycles. The van der Waals surface area contributed by atoms with E-state index in [1.807, 2.05) is 18.2 Å². The summed E-state index contributed by atoms with van der Waals surface area (Å²) in [4.78, 5) is 5.87. The molecule has 2 aromatic heterocycles. The van der Waals surface area contributed by atoms with Crippen LogP contribution in [0.3, 0.4) is 0 Å². The Morgan fingerprint density at radius 2 is 1.88 bits per heavy atom. The first kappa shape index (κ1) is 16.4. The third kappa shape index (κ3) is 2.85.